The fourth-order valence-electron chi connectivity index (χ4n) is 10.7. The van der Waals surface area contributed by atoms with Gasteiger partial charge in [0, 0.05) is 60.2 Å². The minimum atomic E-state index is -2.48. The van der Waals surface area contributed by atoms with Gasteiger partial charge < -0.3 is 0 Å². The Morgan fingerprint density at radius 2 is 0.618 bits per heavy atom. The summed E-state index contributed by atoms with van der Waals surface area (Å²) >= 11 is 0. The summed E-state index contributed by atoms with van der Waals surface area (Å²) in [6.07, 6.45) is 5.36. The highest BCUT2D eigenvalue weighted by Crippen LogP contribution is 2.45. The van der Waals surface area contributed by atoms with Crippen molar-refractivity contribution in [3.8, 4) is 112 Å². The number of aromatic nitrogens is 3. The molecule has 3 aromatic heterocycles. The second kappa shape index (κ2) is 19.9. The lowest BCUT2D eigenvalue weighted by Crippen LogP contribution is -1.96. The first-order valence-electron chi connectivity index (χ1n) is 28.5. The number of benzene rings is 10. The van der Waals surface area contributed by atoms with Crippen LogP contribution >= 0.6 is 0 Å². The molecule has 0 saturated carbocycles. The second-order valence-corrected chi connectivity index (χ2v) is 19.1. The van der Waals surface area contributed by atoms with Crippen LogP contribution < -0.4 is 0 Å². The van der Waals surface area contributed by atoms with Crippen molar-refractivity contribution in [2.24, 2.45) is 0 Å². The van der Waals surface area contributed by atoms with Crippen molar-refractivity contribution in [3.05, 3.63) is 285 Å². The summed E-state index contributed by atoms with van der Waals surface area (Å²) in [6, 6.07) is 85.2. The molecule has 0 spiro atoms. The SMILES string of the molecule is [2H]C([2H])([2H])c1cc(-c2ccccc2)ncc1-c1ccccc1-c1cc(-c2ccccc2-c2cnc(-c3ccccc3)cc2-c2ccc3c(ccc4ccccc43)c2)cc(-c2ccccc2-c2cnc(-c3ccccc3)cc2C([2H])([2H])[2H])c1. The molecule has 0 aliphatic rings. The second-order valence-electron chi connectivity index (χ2n) is 19.1. The molecule has 0 fully saturated rings. The van der Waals surface area contributed by atoms with Gasteiger partial charge in [0.2, 0.25) is 0 Å². The van der Waals surface area contributed by atoms with Crippen molar-refractivity contribution in [1.29, 1.82) is 0 Å². The molecule has 0 unspecified atom stereocenters. The fraction of sp³-hybridized carbons (Fsp3) is 0.0274. The maximum absolute atomic E-state index is 8.89. The van der Waals surface area contributed by atoms with E-state index < -0.39 is 13.7 Å². The first-order valence-corrected chi connectivity index (χ1v) is 25.5. The average molecular weight is 976 g/mol. The molecule has 3 heteroatoms. The number of aryl methyl sites for hydroxylation is 2. The summed E-state index contributed by atoms with van der Waals surface area (Å²) in [5.74, 6) is 0. The number of hydrogen-bond acceptors (Lipinski definition) is 3. The predicted octanol–water partition coefficient (Wildman–Crippen LogP) is 19.5. The van der Waals surface area contributed by atoms with Crippen LogP contribution in [-0.2, 0) is 0 Å². The molecule has 0 aliphatic heterocycles. The van der Waals surface area contributed by atoms with Crippen molar-refractivity contribution >= 4 is 21.5 Å². The molecule has 0 N–H and O–H groups in total. The predicted molar refractivity (Wildman–Crippen MR) is 319 cm³/mol. The molecular weight excluding hydrogens is 919 g/mol. The molecule has 0 aliphatic carbocycles. The number of rotatable bonds is 10. The van der Waals surface area contributed by atoms with E-state index in [2.05, 4.69) is 109 Å². The number of fused-ring (bicyclic) bond motifs is 3. The van der Waals surface area contributed by atoms with Crippen LogP contribution in [0.1, 0.15) is 19.4 Å². The van der Waals surface area contributed by atoms with Crippen LogP contribution in [0.5, 0.6) is 0 Å². The molecule has 0 radical (unpaired) electrons. The van der Waals surface area contributed by atoms with Crippen LogP contribution in [0.15, 0.2) is 273 Å². The minimum absolute atomic E-state index is 0.186. The van der Waals surface area contributed by atoms with Crippen molar-refractivity contribution in [3.63, 3.8) is 0 Å². The van der Waals surface area contributed by atoms with Gasteiger partial charge in [-0.2, -0.15) is 0 Å². The van der Waals surface area contributed by atoms with Crippen LogP contribution in [0.4, 0.5) is 0 Å². The first kappa shape index (κ1) is 39.7. The van der Waals surface area contributed by atoms with E-state index in [1.165, 1.54) is 16.2 Å². The van der Waals surface area contributed by atoms with E-state index in [0.29, 0.717) is 33.6 Å². The minimum Gasteiger partial charge on any atom is -0.256 e. The van der Waals surface area contributed by atoms with Gasteiger partial charge in [-0.15, -0.1) is 0 Å². The quantitative estimate of drug-likeness (QED) is 0.128. The molecule has 13 aromatic rings. The molecule has 358 valence electrons. The summed E-state index contributed by atoms with van der Waals surface area (Å²) in [6.45, 7) is -4.96. The number of nitrogens with zero attached hydrogens (tertiary/aromatic N) is 3. The number of pyridine rings is 3. The number of hydrogen-bond donors (Lipinski definition) is 0. The summed E-state index contributed by atoms with van der Waals surface area (Å²) in [4.78, 5) is 15.0. The zero-order valence-corrected chi connectivity index (χ0v) is 41.3. The van der Waals surface area contributed by atoms with Crippen molar-refractivity contribution < 1.29 is 8.22 Å². The van der Waals surface area contributed by atoms with Crippen molar-refractivity contribution in [2.75, 3.05) is 0 Å². The van der Waals surface area contributed by atoms with E-state index in [-0.39, 0.29) is 11.1 Å². The van der Waals surface area contributed by atoms with Gasteiger partial charge in [-0.1, -0.05) is 212 Å². The van der Waals surface area contributed by atoms with Gasteiger partial charge in [0.05, 0.1) is 17.1 Å². The van der Waals surface area contributed by atoms with Gasteiger partial charge in [0.25, 0.3) is 0 Å². The normalized spacial score (nSPS) is 12.8. The maximum atomic E-state index is 8.89. The Bertz CT molecular complexity index is 4370. The third kappa shape index (κ3) is 8.74. The highest BCUT2D eigenvalue weighted by molar-refractivity contribution is 6.09. The summed E-state index contributed by atoms with van der Waals surface area (Å²) < 4.78 is 53.4. The third-order valence-corrected chi connectivity index (χ3v) is 14.5. The van der Waals surface area contributed by atoms with E-state index in [9.17, 15) is 0 Å². The maximum Gasteiger partial charge on any atom is 0.0708 e. The highest BCUT2D eigenvalue weighted by atomic mass is 14.7. The monoisotopic (exact) mass is 975 g/mol. The van der Waals surface area contributed by atoms with E-state index in [0.717, 1.165) is 83.4 Å². The third-order valence-electron chi connectivity index (χ3n) is 14.5. The lowest BCUT2D eigenvalue weighted by molar-refractivity contribution is 1.29. The Morgan fingerprint density at radius 1 is 0.237 bits per heavy atom. The summed E-state index contributed by atoms with van der Waals surface area (Å²) in [5, 5.41) is 4.68. The highest BCUT2D eigenvalue weighted by Gasteiger charge is 2.20. The molecule has 0 saturated heterocycles. The van der Waals surface area contributed by atoms with Gasteiger partial charge in [-0.3, -0.25) is 15.0 Å². The molecule has 3 nitrogen and oxygen atoms in total. The largest absolute Gasteiger partial charge is 0.256 e. The zero-order valence-electron chi connectivity index (χ0n) is 47.3. The Hall–Kier alpha value is -9.83. The van der Waals surface area contributed by atoms with E-state index in [1.54, 1.807) is 24.5 Å². The molecule has 76 heavy (non-hydrogen) atoms. The average Bonchev–Trinajstić information content (AvgIpc) is 3.68. The molecule has 10 aromatic carbocycles. The lowest BCUT2D eigenvalue weighted by atomic mass is 9.85. The standard InChI is InChI=1S/C73H51N3/c1-48-38-71(51-21-6-3-7-22-51)74-45-68(48)64-31-17-14-28-60(64)56-41-57(61-29-15-18-32-65(61)69-46-75-72(39-49(69)2)52-23-8-4-9-24-52)43-58(42-56)62-30-16-19-33-66(62)70-47-76-73(53-25-10-5-11-26-53)44-67(70)55-36-37-63-54(40-55)35-34-50-20-12-13-27-59(50)63/h3-47H,1-2H3/i1D3,2D3. The topological polar surface area (TPSA) is 38.7 Å². The Morgan fingerprint density at radius 3 is 1.11 bits per heavy atom. The van der Waals surface area contributed by atoms with Crippen LogP contribution in [0.25, 0.3) is 133 Å². The molecular formula is C73H51N3. The van der Waals surface area contributed by atoms with Gasteiger partial charge >= 0.3 is 0 Å². The zero-order chi connectivity index (χ0) is 56.0. The van der Waals surface area contributed by atoms with Crippen LogP contribution in [0.2, 0.25) is 0 Å². The summed E-state index contributed by atoms with van der Waals surface area (Å²) in [5.41, 5.74) is 16.3. The molecule has 13 rings (SSSR count). The van der Waals surface area contributed by atoms with Gasteiger partial charge in [0.1, 0.15) is 0 Å². The first-order chi connectivity index (χ1) is 39.9. The van der Waals surface area contributed by atoms with Crippen LogP contribution in [0, 0.1) is 13.7 Å². The van der Waals surface area contributed by atoms with E-state index in [4.69, 9.17) is 23.2 Å². The van der Waals surface area contributed by atoms with Crippen molar-refractivity contribution in [2.45, 2.75) is 13.7 Å². The van der Waals surface area contributed by atoms with Gasteiger partial charge in [-0.05, 0) is 150 Å². The summed E-state index contributed by atoms with van der Waals surface area (Å²) in [7, 11) is 0. The van der Waals surface area contributed by atoms with E-state index in [1.807, 2.05) is 140 Å². The Labute approximate surface area is 452 Å². The lowest BCUT2D eigenvalue weighted by Gasteiger charge is -2.20. The molecule has 0 amide bonds. The van der Waals surface area contributed by atoms with Crippen molar-refractivity contribution in [1.82, 2.24) is 15.0 Å². The smallest absolute Gasteiger partial charge is 0.0708 e. The van der Waals surface area contributed by atoms with E-state index >= 15 is 0 Å². The Kier molecular flexibility index (Phi) is 10.4. The van der Waals surface area contributed by atoms with Crippen LogP contribution in [0.3, 0.4) is 0 Å². The molecule has 0 atom stereocenters. The Balaban J connectivity index is 1.04. The molecule has 0 bridgehead atoms. The molecule has 3 heterocycles. The van der Waals surface area contributed by atoms with Gasteiger partial charge in [0.15, 0.2) is 0 Å². The van der Waals surface area contributed by atoms with Gasteiger partial charge in [-0.25, -0.2) is 0 Å². The fourth-order valence-corrected chi connectivity index (χ4v) is 10.7. The van der Waals surface area contributed by atoms with Crippen LogP contribution in [-0.4, -0.2) is 15.0 Å².